The average Bonchev–Trinajstić information content (AvgIpc) is 2.92. The van der Waals surface area contributed by atoms with Crippen LogP contribution < -0.4 is 9.80 Å². The van der Waals surface area contributed by atoms with Crippen molar-refractivity contribution in [1.29, 1.82) is 0 Å². The molecule has 0 saturated carbocycles. The molecule has 2 aliphatic heterocycles. The van der Waals surface area contributed by atoms with E-state index in [4.69, 9.17) is 0 Å². The molecule has 2 fully saturated rings. The molecule has 6 nitrogen and oxygen atoms in total. The maximum Gasteiger partial charge on any atom is 0.245 e. The van der Waals surface area contributed by atoms with E-state index in [0.717, 1.165) is 37.3 Å². The molecule has 0 radical (unpaired) electrons. The van der Waals surface area contributed by atoms with Gasteiger partial charge in [-0.15, -0.1) is 0 Å². The molecule has 3 heterocycles. The van der Waals surface area contributed by atoms with Gasteiger partial charge >= 0.3 is 0 Å². The highest BCUT2D eigenvalue weighted by molar-refractivity contribution is 5.86. The molecule has 0 unspecified atom stereocenters. The molecule has 114 valence electrons. The molecule has 0 aliphatic carbocycles. The van der Waals surface area contributed by atoms with Gasteiger partial charge in [-0.2, -0.15) is 4.98 Å². The summed E-state index contributed by atoms with van der Waals surface area (Å²) in [6, 6.07) is 0.137. The van der Waals surface area contributed by atoms with E-state index in [1.807, 2.05) is 43.9 Å². The summed E-state index contributed by atoms with van der Waals surface area (Å²) in [7, 11) is 3.95. The lowest BCUT2D eigenvalue weighted by Crippen LogP contribution is -2.59. The maximum atomic E-state index is 12.5. The smallest absolute Gasteiger partial charge is 0.245 e. The van der Waals surface area contributed by atoms with Crippen molar-refractivity contribution in [2.75, 3.05) is 37.0 Å². The lowest BCUT2D eigenvalue weighted by molar-refractivity contribution is -0.134. The molecule has 3 rings (SSSR count). The van der Waals surface area contributed by atoms with Crippen LogP contribution in [-0.4, -0.2) is 60.0 Å². The third-order valence-corrected chi connectivity index (χ3v) is 4.51. The fourth-order valence-electron chi connectivity index (χ4n) is 3.34. The van der Waals surface area contributed by atoms with E-state index >= 15 is 0 Å². The molecule has 21 heavy (non-hydrogen) atoms. The fraction of sp³-hybridized carbons (Fsp3) is 0.667. The molecule has 1 aromatic heterocycles. The van der Waals surface area contributed by atoms with Gasteiger partial charge < -0.3 is 14.7 Å². The summed E-state index contributed by atoms with van der Waals surface area (Å²) in [5, 5.41) is 0. The van der Waals surface area contributed by atoms with E-state index in [-0.39, 0.29) is 11.9 Å². The van der Waals surface area contributed by atoms with Crippen molar-refractivity contribution in [3.05, 3.63) is 11.8 Å². The lowest BCUT2D eigenvalue weighted by atomic mass is 10.1. The molecule has 2 aliphatic rings. The first-order chi connectivity index (χ1) is 9.99. The number of amides is 1. The summed E-state index contributed by atoms with van der Waals surface area (Å²) in [4.78, 5) is 27.7. The van der Waals surface area contributed by atoms with Gasteiger partial charge in [0.1, 0.15) is 11.9 Å². The minimum atomic E-state index is -0.183. The van der Waals surface area contributed by atoms with Crippen LogP contribution in [-0.2, 0) is 4.79 Å². The van der Waals surface area contributed by atoms with Crippen LogP contribution in [0.1, 0.15) is 25.3 Å². The highest BCUT2D eigenvalue weighted by Gasteiger charge is 2.41. The third-order valence-electron chi connectivity index (χ3n) is 4.51. The number of hydrogen-bond donors (Lipinski definition) is 0. The molecule has 0 spiro atoms. The van der Waals surface area contributed by atoms with Crippen LogP contribution in [0.15, 0.2) is 6.20 Å². The Hall–Kier alpha value is -1.85. The normalized spacial score (nSPS) is 25.2. The van der Waals surface area contributed by atoms with Crippen molar-refractivity contribution in [2.24, 2.45) is 0 Å². The second-order valence-electron chi connectivity index (χ2n) is 6.23. The van der Waals surface area contributed by atoms with Gasteiger partial charge in [0.05, 0.1) is 0 Å². The Bertz CT molecular complexity index is 559. The fourth-order valence-corrected chi connectivity index (χ4v) is 3.34. The summed E-state index contributed by atoms with van der Waals surface area (Å²) >= 11 is 0. The SMILES string of the molecule is Cc1cnc(N2C[C@@H]3CCCN3C(=O)[C@@H]2C)nc1N(C)C. The number of fused-ring (bicyclic) bond motifs is 1. The molecule has 2 atom stereocenters. The van der Waals surface area contributed by atoms with Crippen molar-refractivity contribution in [1.82, 2.24) is 14.9 Å². The van der Waals surface area contributed by atoms with Crippen molar-refractivity contribution in [3.63, 3.8) is 0 Å². The van der Waals surface area contributed by atoms with Crippen LogP contribution in [0.2, 0.25) is 0 Å². The number of aromatic nitrogens is 2. The number of rotatable bonds is 2. The van der Waals surface area contributed by atoms with E-state index < -0.39 is 0 Å². The maximum absolute atomic E-state index is 12.5. The van der Waals surface area contributed by atoms with Crippen LogP contribution >= 0.6 is 0 Å². The first-order valence-corrected chi connectivity index (χ1v) is 7.57. The molecule has 0 N–H and O–H groups in total. The monoisotopic (exact) mass is 289 g/mol. The number of carbonyl (C=O) groups is 1. The van der Waals surface area contributed by atoms with Gasteiger partial charge in [0.2, 0.25) is 11.9 Å². The molecule has 1 amide bonds. The van der Waals surface area contributed by atoms with Crippen LogP contribution in [0.5, 0.6) is 0 Å². The second-order valence-corrected chi connectivity index (χ2v) is 6.23. The third kappa shape index (κ3) is 2.32. The van der Waals surface area contributed by atoms with Crippen LogP contribution in [0.25, 0.3) is 0 Å². The highest BCUT2D eigenvalue weighted by atomic mass is 16.2. The topological polar surface area (TPSA) is 52.6 Å². The van der Waals surface area contributed by atoms with Crippen molar-refractivity contribution >= 4 is 17.7 Å². The van der Waals surface area contributed by atoms with Gasteiger partial charge in [-0.1, -0.05) is 0 Å². The molecular weight excluding hydrogens is 266 g/mol. The summed E-state index contributed by atoms with van der Waals surface area (Å²) in [6.07, 6.45) is 4.03. The molecule has 1 aromatic rings. The zero-order chi connectivity index (χ0) is 15.1. The van der Waals surface area contributed by atoms with Gasteiger partial charge in [0, 0.05) is 45.0 Å². The Kier molecular flexibility index (Phi) is 3.47. The molecule has 0 bridgehead atoms. The van der Waals surface area contributed by atoms with Gasteiger partial charge in [-0.3, -0.25) is 4.79 Å². The van der Waals surface area contributed by atoms with E-state index in [2.05, 4.69) is 14.9 Å². The summed E-state index contributed by atoms with van der Waals surface area (Å²) in [5.41, 5.74) is 1.04. The Labute approximate surface area is 125 Å². The van der Waals surface area contributed by atoms with E-state index in [9.17, 15) is 4.79 Å². The predicted molar refractivity (Wildman–Crippen MR) is 82.6 cm³/mol. The molecule has 6 heteroatoms. The zero-order valence-electron chi connectivity index (χ0n) is 13.2. The highest BCUT2D eigenvalue weighted by Crippen LogP contribution is 2.28. The van der Waals surface area contributed by atoms with E-state index in [0.29, 0.717) is 12.0 Å². The zero-order valence-corrected chi connectivity index (χ0v) is 13.2. The van der Waals surface area contributed by atoms with Crippen molar-refractivity contribution in [3.8, 4) is 0 Å². The van der Waals surface area contributed by atoms with Crippen LogP contribution in [0.3, 0.4) is 0 Å². The Balaban J connectivity index is 1.92. The molecule has 0 aromatic carbocycles. The van der Waals surface area contributed by atoms with E-state index in [1.165, 1.54) is 0 Å². The number of carbonyl (C=O) groups excluding carboxylic acids is 1. The van der Waals surface area contributed by atoms with Crippen molar-refractivity contribution in [2.45, 2.75) is 38.8 Å². The number of piperazine rings is 1. The van der Waals surface area contributed by atoms with E-state index in [1.54, 1.807) is 0 Å². The summed E-state index contributed by atoms with van der Waals surface area (Å²) < 4.78 is 0. The van der Waals surface area contributed by atoms with Gasteiger partial charge in [0.25, 0.3) is 0 Å². The Morgan fingerprint density at radius 2 is 2.10 bits per heavy atom. The van der Waals surface area contributed by atoms with Gasteiger partial charge in [-0.05, 0) is 26.7 Å². The number of hydrogen-bond acceptors (Lipinski definition) is 5. The molecule has 2 saturated heterocycles. The number of aryl methyl sites for hydroxylation is 1. The van der Waals surface area contributed by atoms with Gasteiger partial charge in [-0.25, -0.2) is 4.98 Å². The van der Waals surface area contributed by atoms with Gasteiger partial charge in [0.15, 0.2) is 0 Å². The van der Waals surface area contributed by atoms with Crippen molar-refractivity contribution < 1.29 is 4.79 Å². The summed E-state index contributed by atoms with van der Waals surface area (Å²) in [5.74, 6) is 1.78. The largest absolute Gasteiger partial charge is 0.362 e. The van der Waals surface area contributed by atoms with Crippen LogP contribution in [0, 0.1) is 6.92 Å². The standard InChI is InChI=1S/C15H23N5O/c1-10-8-16-15(17-13(10)18(3)4)20-9-12-6-5-7-19(12)14(21)11(20)2/h8,11-12H,5-7,9H2,1-4H3/t11-,12-/m0/s1. The summed E-state index contributed by atoms with van der Waals surface area (Å²) in [6.45, 7) is 5.69. The number of nitrogens with zero attached hydrogens (tertiary/aromatic N) is 5. The first kappa shape index (κ1) is 14.1. The Morgan fingerprint density at radius 3 is 2.81 bits per heavy atom. The molecular formula is C15H23N5O. The average molecular weight is 289 g/mol. The Morgan fingerprint density at radius 1 is 1.33 bits per heavy atom. The van der Waals surface area contributed by atoms with Crippen LogP contribution in [0.4, 0.5) is 11.8 Å². The second kappa shape index (κ2) is 5.16. The minimum Gasteiger partial charge on any atom is -0.362 e. The quantitative estimate of drug-likeness (QED) is 0.814. The lowest BCUT2D eigenvalue weighted by Gasteiger charge is -2.41. The predicted octanol–water partition coefficient (Wildman–Crippen LogP) is 1.05. The minimum absolute atomic E-state index is 0.183. The first-order valence-electron chi connectivity index (χ1n) is 7.57. The number of anilines is 2.